The van der Waals surface area contributed by atoms with Gasteiger partial charge < -0.3 is 4.74 Å². The van der Waals surface area contributed by atoms with Crippen molar-refractivity contribution >= 4 is 11.8 Å². The Kier molecular flexibility index (Phi) is 6.07. The largest absolute Gasteiger partial charge is 0.481 e. The molecule has 0 heterocycles. The molecule has 3 rings (SSSR count). The Morgan fingerprint density at radius 1 is 0.786 bits per heavy atom. The van der Waals surface area contributed by atoms with E-state index in [9.17, 15) is 9.59 Å². The highest BCUT2D eigenvalue weighted by atomic mass is 16.5. The van der Waals surface area contributed by atoms with Gasteiger partial charge in [0.25, 0.3) is 11.8 Å². The van der Waals surface area contributed by atoms with Crippen molar-refractivity contribution in [1.82, 2.24) is 10.9 Å². The molecule has 0 aliphatic carbocycles. The number of aryl methyl sites for hydroxylation is 1. The van der Waals surface area contributed by atoms with Gasteiger partial charge in [0.05, 0.1) is 0 Å². The predicted molar refractivity (Wildman–Crippen MR) is 109 cm³/mol. The molecule has 3 aromatic rings. The summed E-state index contributed by atoms with van der Waals surface area (Å²) in [5.74, 6) is -0.229. The minimum absolute atomic E-state index is 0.370. The quantitative estimate of drug-likeness (QED) is 0.666. The Morgan fingerprint density at radius 3 is 2.07 bits per heavy atom. The fraction of sp³-hybridized carbons (Fsp3) is 0.130. The summed E-state index contributed by atoms with van der Waals surface area (Å²) in [7, 11) is 0. The van der Waals surface area contributed by atoms with Crippen molar-refractivity contribution in [3.05, 3.63) is 90.0 Å². The van der Waals surface area contributed by atoms with Crippen LogP contribution in [0.15, 0.2) is 78.9 Å². The van der Waals surface area contributed by atoms with Crippen LogP contribution in [0.25, 0.3) is 11.1 Å². The van der Waals surface area contributed by atoms with E-state index in [-0.39, 0.29) is 5.91 Å². The lowest BCUT2D eigenvalue weighted by Gasteiger charge is -2.16. The van der Waals surface area contributed by atoms with Gasteiger partial charge in [0.15, 0.2) is 6.10 Å². The van der Waals surface area contributed by atoms with Crippen LogP contribution in [0.5, 0.6) is 5.75 Å². The van der Waals surface area contributed by atoms with Gasteiger partial charge in [-0.2, -0.15) is 0 Å². The predicted octanol–water partition coefficient (Wildman–Crippen LogP) is 3.89. The minimum Gasteiger partial charge on any atom is -0.481 e. The van der Waals surface area contributed by atoms with Crippen molar-refractivity contribution < 1.29 is 14.3 Å². The molecule has 0 bridgehead atoms. The molecule has 0 aromatic heterocycles. The topological polar surface area (TPSA) is 67.4 Å². The summed E-state index contributed by atoms with van der Waals surface area (Å²) in [5.41, 5.74) is 8.33. The number of hydrazine groups is 1. The number of nitrogens with one attached hydrogen (secondary N) is 2. The second kappa shape index (κ2) is 8.86. The number of carbonyl (C=O) groups is 2. The van der Waals surface area contributed by atoms with Crippen LogP contribution in [0.1, 0.15) is 22.8 Å². The smallest absolute Gasteiger partial charge is 0.279 e. The van der Waals surface area contributed by atoms with Crippen LogP contribution in [0.3, 0.4) is 0 Å². The van der Waals surface area contributed by atoms with E-state index < -0.39 is 12.0 Å². The Morgan fingerprint density at radius 2 is 1.39 bits per heavy atom. The molecule has 0 aliphatic heterocycles. The van der Waals surface area contributed by atoms with Crippen LogP contribution in [-0.4, -0.2) is 17.9 Å². The summed E-state index contributed by atoms with van der Waals surface area (Å²) in [4.78, 5) is 24.4. The maximum absolute atomic E-state index is 12.2. The molecule has 0 saturated heterocycles. The van der Waals surface area contributed by atoms with Gasteiger partial charge in [-0.05, 0) is 48.7 Å². The Hall–Kier alpha value is -3.60. The molecule has 0 saturated carbocycles. The van der Waals surface area contributed by atoms with E-state index in [1.165, 1.54) is 0 Å². The molecular formula is C23H22N2O3. The van der Waals surface area contributed by atoms with Crippen molar-refractivity contribution in [3.63, 3.8) is 0 Å². The molecule has 3 aromatic carbocycles. The first-order valence-electron chi connectivity index (χ1n) is 9.02. The van der Waals surface area contributed by atoms with Crippen LogP contribution >= 0.6 is 0 Å². The third kappa shape index (κ3) is 4.76. The van der Waals surface area contributed by atoms with Gasteiger partial charge in [-0.25, -0.2) is 0 Å². The number of ether oxygens (including phenoxy) is 1. The summed E-state index contributed by atoms with van der Waals surface area (Å²) >= 11 is 0. The number of rotatable bonds is 5. The molecule has 1 atom stereocenters. The van der Waals surface area contributed by atoms with Crippen molar-refractivity contribution in [2.24, 2.45) is 0 Å². The van der Waals surface area contributed by atoms with Crippen LogP contribution in [-0.2, 0) is 4.79 Å². The number of amides is 2. The molecule has 0 fully saturated rings. The number of hydrogen-bond acceptors (Lipinski definition) is 3. The highest BCUT2D eigenvalue weighted by Crippen LogP contribution is 2.22. The van der Waals surface area contributed by atoms with Crippen LogP contribution < -0.4 is 15.6 Å². The van der Waals surface area contributed by atoms with E-state index in [1.807, 2.05) is 73.7 Å². The summed E-state index contributed by atoms with van der Waals surface area (Å²) in [6.45, 7) is 3.46. The standard InChI is InChI=1S/C23H22N2O3/c1-16-8-6-7-11-21(16)23(27)25-24-22(26)17(2)28-20-14-12-19(13-15-20)18-9-4-3-5-10-18/h3-15,17H,1-2H3,(H,24,26)(H,25,27). The first kappa shape index (κ1) is 19.2. The van der Waals surface area contributed by atoms with Gasteiger partial charge >= 0.3 is 0 Å². The second-order valence-electron chi connectivity index (χ2n) is 6.41. The molecule has 1 unspecified atom stereocenters. The Labute approximate surface area is 164 Å². The average molecular weight is 374 g/mol. The zero-order valence-corrected chi connectivity index (χ0v) is 15.8. The zero-order chi connectivity index (χ0) is 19.9. The van der Waals surface area contributed by atoms with Crippen molar-refractivity contribution in [2.45, 2.75) is 20.0 Å². The van der Waals surface area contributed by atoms with Crippen LogP contribution in [0, 0.1) is 6.92 Å². The second-order valence-corrected chi connectivity index (χ2v) is 6.41. The fourth-order valence-electron chi connectivity index (χ4n) is 2.73. The maximum Gasteiger partial charge on any atom is 0.279 e. The molecule has 0 aliphatic rings. The van der Waals surface area contributed by atoms with Crippen LogP contribution in [0.4, 0.5) is 0 Å². The number of hydrogen-bond donors (Lipinski definition) is 2. The zero-order valence-electron chi connectivity index (χ0n) is 15.8. The molecule has 0 radical (unpaired) electrons. The van der Waals surface area contributed by atoms with Gasteiger partial charge in [-0.1, -0.05) is 60.7 Å². The molecule has 28 heavy (non-hydrogen) atoms. The number of benzene rings is 3. The van der Waals surface area contributed by atoms with E-state index in [2.05, 4.69) is 10.9 Å². The van der Waals surface area contributed by atoms with E-state index in [4.69, 9.17) is 4.74 Å². The minimum atomic E-state index is -0.764. The number of carbonyl (C=O) groups excluding carboxylic acids is 2. The summed E-state index contributed by atoms with van der Waals surface area (Å²) in [6.07, 6.45) is -0.764. The highest BCUT2D eigenvalue weighted by molar-refractivity contribution is 5.96. The first-order chi connectivity index (χ1) is 13.5. The van der Waals surface area contributed by atoms with Crippen molar-refractivity contribution in [3.8, 4) is 16.9 Å². The van der Waals surface area contributed by atoms with Gasteiger partial charge in [-0.3, -0.25) is 20.4 Å². The monoisotopic (exact) mass is 374 g/mol. The maximum atomic E-state index is 12.2. The molecule has 5 heteroatoms. The van der Waals surface area contributed by atoms with Crippen molar-refractivity contribution in [2.75, 3.05) is 0 Å². The van der Waals surface area contributed by atoms with Gasteiger partial charge in [-0.15, -0.1) is 0 Å². The molecule has 0 spiro atoms. The molecule has 2 N–H and O–H groups in total. The van der Waals surface area contributed by atoms with Crippen molar-refractivity contribution in [1.29, 1.82) is 0 Å². The van der Waals surface area contributed by atoms with E-state index in [0.29, 0.717) is 11.3 Å². The van der Waals surface area contributed by atoms with Gasteiger partial charge in [0, 0.05) is 5.56 Å². The van der Waals surface area contributed by atoms with Crippen LogP contribution in [0.2, 0.25) is 0 Å². The third-order valence-corrected chi connectivity index (χ3v) is 4.33. The highest BCUT2D eigenvalue weighted by Gasteiger charge is 2.16. The third-order valence-electron chi connectivity index (χ3n) is 4.33. The van der Waals surface area contributed by atoms with Gasteiger partial charge in [0.1, 0.15) is 5.75 Å². The summed E-state index contributed by atoms with van der Waals surface area (Å²) < 4.78 is 5.67. The molecule has 5 nitrogen and oxygen atoms in total. The first-order valence-corrected chi connectivity index (χ1v) is 9.02. The molecule has 142 valence electrons. The SMILES string of the molecule is Cc1ccccc1C(=O)NNC(=O)C(C)Oc1ccc(-c2ccccc2)cc1. The van der Waals surface area contributed by atoms with E-state index >= 15 is 0 Å². The fourth-order valence-corrected chi connectivity index (χ4v) is 2.73. The molecule has 2 amide bonds. The Balaban J connectivity index is 1.54. The molecular weight excluding hydrogens is 352 g/mol. The van der Waals surface area contributed by atoms with E-state index in [1.54, 1.807) is 19.1 Å². The lowest BCUT2D eigenvalue weighted by Crippen LogP contribution is -2.47. The summed E-state index contributed by atoms with van der Waals surface area (Å²) in [6, 6.07) is 24.7. The normalized spacial score (nSPS) is 11.4. The summed E-state index contributed by atoms with van der Waals surface area (Å²) in [5, 5.41) is 0. The lowest BCUT2D eigenvalue weighted by atomic mass is 10.1. The van der Waals surface area contributed by atoms with Gasteiger partial charge in [0.2, 0.25) is 0 Å². The average Bonchev–Trinajstić information content (AvgIpc) is 2.73. The van der Waals surface area contributed by atoms with E-state index in [0.717, 1.165) is 16.7 Å². The Bertz CT molecular complexity index is 953. The lowest BCUT2D eigenvalue weighted by molar-refractivity contribution is -0.128.